The van der Waals surface area contributed by atoms with Crippen molar-refractivity contribution < 1.29 is 9.53 Å². The minimum absolute atomic E-state index is 0.341. The second-order valence-electron chi connectivity index (χ2n) is 3.99. The Labute approximate surface area is 124 Å². The van der Waals surface area contributed by atoms with Crippen LogP contribution >= 0.6 is 11.8 Å². The van der Waals surface area contributed by atoms with Crippen molar-refractivity contribution in [3.8, 4) is 0 Å². The maximum atomic E-state index is 11.6. The van der Waals surface area contributed by atoms with Gasteiger partial charge in [0.2, 0.25) is 0 Å². The Morgan fingerprint density at radius 2 is 2.19 bits per heavy atom. The van der Waals surface area contributed by atoms with Gasteiger partial charge in [0.25, 0.3) is 0 Å². The summed E-state index contributed by atoms with van der Waals surface area (Å²) in [5, 5.41) is 1.45. The molecule has 0 unspecified atom stereocenters. The summed E-state index contributed by atoms with van der Waals surface area (Å²) >= 11 is 1.37. The van der Waals surface area contributed by atoms with E-state index in [0.717, 1.165) is 15.6 Å². The van der Waals surface area contributed by atoms with Crippen molar-refractivity contribution in [1.82, 2.24) is 24.9 Å². The van der Waals surface area contributed by atoms with Gasteiger partial charge in [0.1, 0.15) is 21.9 Å². The molecule has 3 rings (SSSR count). The van der Waals surface area contributed by atoms with Crippen molar-refractivity contribution in [2.45, 2.75) is 17.0 Å². The summed E-state index contributed by atoms with van der Waals surface area (Å²) in [6.45, 7) is 2.11. The standard InChI is InChI=1S/C13H11N5O2S/c1-2-20-13(19)8-3-4-9(14-5-8)21-12-10-11(16-6-15-10)17-7-18-12/h3-7H,2H2,1H3,(H,15,16,17,18). The SMILES string of the molecule is CCOC(=O)c1ccc(Sc2ncnc3nc[nH]c23)nc1. The van der Waals surface area contributed by atoms with Crippen LogP contribution in [0.25, 0.3) is 11.2 Å². The molecule has 0 radical (unpaired) electrons. The highest BCUT2D eigenvalue weighted by Crippen LogP contribution is 2.28. The maximum absolute atomic E-state index is 11.6. The predicted octanol–water partition coefficient (Wildman–Crippen LogP) is 2.08. The molecular weight excluding hydrogens is 290 g/mol. The Balaban J connectivity index is 1.82. The van der Waals surface area contributed by atoms with Gasteiger partial charge in [-0.15, -0.1) is 0 Å². The van der Waals surface area contributed by atoms with Crippen LogP contribution in [0.2, 0.25) is 0 Å². The lowest BCUT2D eigenvalue weighted by atomic mass is 10.3. The van der Waals surface area contributed by atoms with Gasteiger partial charge in [0.05, 0.1) is 18.5 Å². The zero-order valence-electron chi connectivity index (χ0n) is 11.1. The first-order valence-corrected chi connectivity index (χ1v) is 7.04. The molecule has 0 fully saturated rings. The van der Waals surface area contributed by atoms with Gasteiger partial charge >= 0.3 is 5.97 Å². The average Bonchev–Trinajstić information content (AvgIpc) is 2.98. The molecule has 0 atom stereocenters. The number of fused-ring (bicyclic) bond motifs is 1. The molecule has 3 aromatic rings. The molecule has 8 heteroatoms. The summed E-state index contributed by atoms with van der Waals surface area (Å²) in [5.41, 5.74) is 1.80. The third-order valence-electron chi connectivity index (χ3n) is 2.64. The van der Waals surface area contributed by atoms with Crippen molar-refractivity contribution in [3.05, 3.63) is 36.5 Å². The molecule has 0 aliphatic heterocycles. The van der Waals surface area contributed by atoms with Crippen LogP contribution in [0.4, 0.5) is 0 Å². The monoisotopic (exact) mass is 301 g/mol. The number of H-pyrrole nitrogens is 1. The van der Waals surface area contributed by atoms with Crippen molar-refractivity contribution in [2.75, 3.05) is 6.61 Å². The third kappa shape index (κ3) is 2.84. The van der Waals surface area contributed by atoms with Gasteiger partial charge in [0.15, 0.2) is 5.65 Å². The van der Waals surface area contributed by atoms with Crippen molar-refractivity contribution in [2.24, 2.45) is 0 Å². The first-order chi connectivity index (χ1) is 10.3. The van der Waals surface area contributed by atoms with Gasteiger partial charge in [-0.3, -0.25) is 0 Å². The first kappa shape index (κ1) is 13.5. The number of aromatic nitrogens is 5. The molecule has 21 heavy (non-hydrogen) atoms. The quantitative estimate of drug-likeness (QED) is 0.582. The van der Waals surface area contributed by atoms with Crippen molar-refractivity contribution in [1.29, 1.82) is 0 Å². The smallest absolute Gasteiger partial charge is 0.339 e. The summed E-state index contributed by atoms with van der Waals surface area (Å²) in [4.78, 5) is 31.1. The number of carbonyl (C=O) groups excluding carboxylic acids is 1. The summed E-state index contributed by atoms with van der Waals surface area (Å²) < 4.78 is 4.91. The van der Waals surface area contributed by atoms with E-state index >= 15 is 0 Å². The van der Waals surface area contributed by atoms with E-state index in [0.29, 0.717) is 17.8 Å². The summed E-state index contributed by atoms with van der Waals surface area (Å²) in [6.07, 6.45) is 4.52. The molecule has 0 bridgehead atoms. The second kappa shape index (κ2) is 5.88. The van der Waals surface area contributed by atoms with Crippen LogP contribution in [0, 0.1) is 0 Å². The zero-order chi connectivity index (χ0) is 14.7. The number of imidazole rings is 1. The number of nitrogens with one attached hydrogen (secondary N) is 1. The molecule has 0 aliphatic rings. The number of carbonyl (C=O) groups is 1. The zero-order valence-corrected chi connectivity index (χ0v) is 11.9. The highest BCUT2D eigenvalue weighted by atomic mass is 32.2. The number of aromatic amines is 1. The van der Waals surface area contributed by atoms with E-state index in [1.807, 2.05) is 0 Å². The van der Waals surface area contributed by atoms with Crippen LogP contribution in [0.15, 0.2) is 41.0 Å². The molecule has 1 N–H and O–H groups in total. The van der Waals surface area contributed by atoms with Crippen LogP contribution < -0.4 is 0 Å². The predicted molar refractivity (Wildman–Crippen MR) is 76.0 cm³/mol. The van der Waals surface area contributed by atoms with E-state index in [1.54, 1.807) is 25.4 Å². The van der Waals surface area contributed by atoms with Gasteiger partial charge in [-0.1, -0.05) is 0 Å². The fourth-order valence-corrected chi connectivity index (χ4v) is 2.49. The Morgan fingerprint density at radius 3 is 2.95 bits per heavy atom. The largest absolute Gasteiger partial charge is 0.462 e. The number of nitrogens with zero attached hydrogens (tertiary/aromatic N) is 4. The molecule has 0 aromatic carbocycles. The minimum atomic E-state index is -0.375. The highest BCUT2D eigenvalue weighted by molar-refractivity contribution is 7.99. The third-order valence-corrected chi connectivity index (χ3v) is 3.59. The van der Waals surface area contributed by atoms with Crippen LogP contribution in [-0.2, 0) is 4.74 Å². The van der Waals surface area contributed by atoms with E-state index in [1.165, 1.54) is 24.3 Å². The van der Waals surface area contributed by atoms with E-state index in [4.69, 9.17) is 4.74 Å². The molecule has 0 spiro atoms. The fraction of sp³-hybridized carbons (Fsp3) is 0.154. The van der Waals surface area contributed by atoms with Gasteiger partial charge in [-0.25, -0.2) is 24.7 Å². The molecule has 106 valence electrons. The number of hydrogen-bond acceptors (Lipinski definition) is 7. The first-order valence-electron chi connectivity index (χ1n) is 6.23. The van der Waals surface area contributed by atoms with E-state index < -0.39 is 0 Å². The normalized spacial score (nSPS) is 10.7. The molecule has 3 aromatic heterocycles. The van der Waals surface area contributed by atoms with Crippen molar-refractivity contribution in [3.63, 3.8) is 0 Å². The molecule has 0 amide bonds. The lowest BCUT2D eigenvalue weighted by Gasteiger charge is -2.03. The van der Waals surface area contributed by atoms with Gasteiger partial charge in [-0.05, 0) is 30.8 Å². The Hall–Kier alpha value is -2.48. The Kier molecular flexibility index (Phi) is 3.78. The molecule has 3 heterocycles. The minimum Gasteiger partial charge on any atom is -0.462 e. The lowest BCUT2D eigenvalue weighted by molar-refractivity contribution is 0.0525. The Bertz CT molecular complexity index is 772. The summed E-state index contributed by atoms with van der Waals surface area (Å²) in [5.74, 6) is -0.375. The van der Waals surface area contributed by atoms with Crippen LogP contribution in [0.3, 0.4) is 0 Å². The number of rotatable bonds is 4. The Morgan fingerprint density at radius 1 is 1.29 bits per heavy atom. The van der Waals surface area contributed by atoms with Crippen LogP contribution in [0.5, 0.6) is 0 Å². The summed E-state index contributed by atoms with van der Waals surface area (Å²) in [7, 11) is 0. The van der Waals surface area contributed by atoms with Gasteiger partial charge in [0, 0.05) is 6.20 Å². The van der Waals surface area contributed by atoms with Crippen LogP contribution in [-0.4, -0.2) is 37.5 Å². The highest BCUT2D eigenvalue weighted by Gasteiger charge is 2.10. The average molecular weight is 301 g/mol. The lowest BCUT2D eigenvalue weighted by Crippen LogP contribution is -2.04. The number of pyridine rings is 1. The maximum Gasteiger partial charge on any atom is 0.339 e. The van der Waals surface area contributed by atoms with E-state index in [-0.39, 0.29) is 5.97 Å². The summed E-state index contributed by atoms with van der Waals surface area (Å²) in [6, 6.07) is 3.43. The van der Waals surface area contributed by atoms with Gasteiger partial charge < -0.3 is 9.72 Å². The van der Waals surface area contributed by atoms with Crippen LogP contribution in [0.1, 0.15) is 17.3 Å². The number of esters is 1. The number of ether oxygens (including phenoxy) is 1. The molecule has 7 nitrogen and oxygen atoms in total. The topological polar surface area (TPSA) is 93.6 Å². The van der Waals surface area contributed by atoms with Gasteiger partial charge in [-0.2, -0.15) is 0 Å². The van der Waals surface area contributed by atoms with E-state index in [2.05, 4.69) is 24.9 Å². The fourth-order valence-electron chi connectivity index (χ4n) is 1.70. The molecular formula is C13H11N5O2S. The second-order valence-corrected chi connectivity index (χ2v) is 5.00. The molecule has 0 saturated heterocycles. The molecule has 0 aliphatic carbocycles. The van der Waals surface area contributed by atoms with E-state index in [9.17, 15) is 4.79 Å². The molecule has 0 saturated carbocycles. The van der Waals surface area contributed by atoms with Crippen molar-refractivity contribution >= 4 is 28.9 Å². The number of hydrogen-bond donors (Lipinski definition) is 1.